The van der Waals surface area contributed by atoms with Gasteiger partial charge in [-0.1, -0.05) is 37.9 Å². The number of ether oxygens (including phenoxy) is 2. The van der Waals surface area contributed by atoms with Crippen LogP contribution in [0.4, 0.5) is 23.2 Å². The highest BCUT2D eigenvalue weighted by molar-refractivity contribution is 9.09. The summed E-state index contributed by atoms with van der Waals surface area (Å²) in [6, 6.07) is 8.40. The molecule has 1 amide bonds. The van der Waals surface area contributed by atoms with Gasteiger partial charge < -0.3 is 18.9 Å². The minimum absolute atomic E-state index is 0.0798. The van der Waals surface area contributed by atoms with Gasteiger partial charge in [0.1, 0.15) is 12.4 Å². The molecule has 2 atom stereocenters. The monoisotopic (exact) mass is 812 g/mol. The van der Waals surface area contributed by atoms with E-state index in [-0.39, 0.29) is 28.5 Å². The van der Waals surface area contributed by atoms with Gasteiger partial charge in [0.15, 0.2) is 17.4 Å². The quantitative estimate of drug-likeness (QED) is 0.0375. The van der Waals surface area contributed by atoms with Crippen molar-refractivity contribution in [3.63, 3.8) is 0 Å². The van der Waals surface area contributed by atoms with E-state index in [1.54, 1.807) is 27.9 Å². The van der Waals surface area contributed by atoms with Crippen molar-refractivity contribution in [2.45, 2.75) is 39.1 Å². The van der Waals surface area contributed by atoms with Crippen LogP contribution in [0, 0.1) is 33.4 Å². The van der Waals surface area contributed by atoms with E-state index >= 15 is 17.6 Å². The molecule has 0 saturated heterocycles. The van der Waals surface area contributed by atoms with Crippen LogP contribution in [0.1, 0.15) is 35.3 Å². The van der Waals surface area contributed by atoms with E-state index in [0.29, 0.717) is 10.7 Å². The zero-order valence-electron chi connectivity index (χ0n) is 25.5. The van der Waals surface area contributed by atoms with E-state index in [4.69, 9.17) is 14.0 Å². The van der Waals surface area contributed by atoms with Gasteiger partial charge in [0, 0.05) is 48.5 Å². The zero-order chi connectivity index (χ0) is 35.1. The van der Waals surface area contributed by atoms with Crippen LogP contribution < -0.4 is 19.6 Å². The fraction of sp³-hybridized carbons (Fsp3) is 0.345. The van der Waals surface area contributed by atoms with Crippen molar-refractivity contribution in [2.75, 3.05) is 24.8 Å². The van der Waals surface area contributed by atoms with E-state index in [1.165, 1.54) is 35.2 Å². The first-order chi connectivity index (χ1) is 22.1. The van der Waals surface area contributed by atoms with Crippen LogP contribution in [0.5, 0.6) is 17.2 Å². The maximum atomic E-state index is 15.0. The van der Waals surface area contributed by atoms with Gasteiger partial charge in [0.25, 0.3) is 5.91 Å². The summed E-state index contributed by atoms with van der Waals surface area (Å²) in [4.78, 5) is 24.5. The van der Waals surface area contributed by atoms with Gasteiger partial charge in [-0.15, -0.1) is 0 Å². The number of carbonyl (C=O) groups excluding carboxylic acids is 1. The molecule has 3 aromatic rings. The molecule has 0 aliphatic rings. The van der Waals surface area contributed by atoms with Crippen molar-refractivity contribution in [1.29, 1.82) is 0 Å². The van der Waals surface area contributed by atoms with Gasteiger partial charge >= 0.3 is 13.4 Å². The summed E-state index contributed by atoms with van der Waals surface area (Å²) in [5, 5.41) is 17.6. The molecule has 0 unspecified atom stereocenters. The lowest BCUT2D eigenvalue weighted by molar-refractivity contribution is -0.385. The van der Waals surface area contributed by atoms with Crippen molar-refractivity contribution in [3.05, 3.63) is 92.5 Å². The summed E-state index contributed by atoms with van der Waals surface area (Å²) in [5.74, 6) is -9.35. The van der Waals surface area contributed by atoms with Crippen molar-refractivity contribution >= 4 is 51.1 Å². The van der Waals surface area contributed by atoms with Crippen LogP contribution in [0.2, 0.25) is 0 Å². The first-order valence-corrected chi connectivity index (χ1v) is 17.6. The first-order valence-electron chi connectivity index (χ1n) is 13.8. The molecule has 47 heavy (non-hydrogen) atoms. The minimum Gasteiger partial charge on any atom is -0.483 e. The van der Waals surface area contributed by atoms with Crippen molar-refractivity contribution in [3.8, 4) is 17.2 Å². The van der Waals surface area contributed by atoms with Crippen LogP contribution in [-0.4, -0.2) is 52.6 Å². The number of hydrogen-bond donors (Lipinski definition) is 2. The van der Waals surface area contributed by atoms with Crippen molar-refractivity contribution in [2.24, 2.45) is 0 Å². The van der Waals surface area contributed by atoms with Gasteiger partial charge in [0.05, 0.1) is 17.1 Å². The second-order valence-corrected chi connectivity index (χ2v) is 13.6. The molecule has 0 radical (unpaired) electrons. The Kier molecular flexibility index (Phi) is 13.7. The third kappa shape index (κ3) is 9.97. The van der Waals surface area contributed by atoms with Crippen molar-refractivity contribution < 1.29 is 45.8 Å². The largest absolute Gasteiger partial charge is 0.483 e. The van der Waals surface area contributed by atoms with Crippen LogP contribution in [-0.2, 0) is 22.3 Å². The molecular formula is C29H31Br2F4N4O7P. The third-order valence-corrected chi connectivity index (χ3v) is 10.3. The van der Waals surface area contributed by atoms with E-state index in [9.17, 15) is 19.5 Å². The molecule has 0 aliphatic heterocycles. The lowest BCUT2D eigenvalue weighted by Crippen LogP contribution is -2.36. The predicted octanol–water partition coefficient (Wildman–Crippen LogP) is 7.60. The maximum Gasteiger partial charge on any atom is 0.341 e. The fourth-order valence-electron chi connectivity index (χ4n) is 3.94. The Labute approximate surface area is 284 Å². The van der Waals surface area contributed by atoms with Gasteiger partial charge in [-0.2, -0.15) is 8.78 Å². The average molecular weight is 814 g/mol. The molecule has 0 saturated carbocycles. The third-order valence-electron chi connectivity index (χ3n) is 6.27. The summed E-state index contributed by atoms with van der Waals surface area (Å²) in [7, 11) is -0.877. The molecule has 3 rings (SSSR count). The number of nitro benzene ring substituents is 1. The molecule has 0 fully saturated rings. The first kappa shape index (κ1) is 38.4. The number of alkyl halides is 2. The number of nitrogens with zero attached hydrogens (tertiary/aromatic N) is 2. The molecule has 18 heteroatoms. The Balaban J connectivity index is 1.86. The molecular weight excluding hydrogens is 783 g/mol. The molecule has 0 bridgehead atoms. The number of nitrogens with one attached hydrogen (secondary N) is 2. The summed E-state index contributed by atoms with van der Waals surface area (Å²) < 4.78 is 89.5. The van der Waals surface area contributed by atoms with Gasteiger partial charge in [-0.05, 0) is 49.7 Å². The Morgan fingerprint density at radius 3 is 2.09 bits per heavy atom. The molecule has 0 aromatic heterocycles. The van der Waals surface area contributed by atoms with Crippen LogP contribution in [0.25, 0.3) is 0 Å². The van der Waals surface area contributed by atoms with Crippen LogP contribution in [0.15, 0.2) is 42.5 Å². The summed E-state index contributed by atoms with van der Waals surface area (Å²) >= 11 is 6.42. The van der Waals surface area contributed by atoms with Crippen molar-refractivity contribution in [1.82, 2.24) is 15.1 Å². The zero-order valence-corrected chi connectivity index (χ0v) is 29.6. The highest BCUT2D eigenvalue weighted by atomic mass is 79.9. The number of rotatable bonds is 16. The topological polar surface area (TPSA) is 132 Å². The molecule has 3 aromatic carbocycles. The highest BCUT2D eigenvalue weighted by Gasteiger charge is 2.32. The molecule has 2 N–H and O–H groups in total. The van der Waals surface area contributed by atoms with E-state index in [1.807, 2.05) is 0 Å². The Hall–Kier alpha value is -3.08. The van der Waals surface area contributed by atoms with Gasteiger partial charge in [-0.25, -0.2) is 19.0 Å². The maximum absolute atomic E-state index is 15.0. The van der Waals surface area contributed by atoms with Crippen LogP contribution in [0.3, 0.4) is 0 Å². The number of hydrogen-bond acceptors (Lipinski definition) is 7. The SMILES string of the molecule is C[C@H](CBr)NP(=O)(N[C@H](C)CBr)OCc1c(F)c(F)c(OCc2ccc([N+](=O)[O-])c(Oc3cccc(C(=O)N(C)C)c3)c2)c(F)c1F. The Bertz CT molecular complexity index is 1630. The lowest BCUT2D eigenvalue weighted by Gasteiger charge is -2.26. The second kappa shape index (κ2) is 16.8. The Morgan fingerprint density at radius 2 is 1.55 bits per heavy atom. The van der Waals surface area contributed by atoms with E-state index in [0.717, 1.165) is 12.1 Å². The molecule has 0 spiro atoms. The molecule has 256 valence electrons. The van der Waals surface area contributed by atoms with Crippen LogP contribution >= 0.6 is 39.5 Å². The number of carbonyl (C=O) groups is 1. The normalized spacial score (nSPS) is 12.8. The molecule has 0 aliphatic carbocycles. The van der Waals surface area contributed by atoms with Gasteiger partial charge in [0.2, 0.25) is 17.4 Å². The molecule has 11 nitrogen and oxygen atoms in total. The second-order valence-electron chi connectivity index (χ2n) is 10.4. The van der Waals surface area contributed by atoms with Gasteiger partial charge in [-0.3, -0.25) is 19.5 Å². The number of benzene rings is 3. The number of halogens is 6. The minimum atomic E-state index is -3.97. The number of amides is 1. The summed E-state index contributed by atoms with van der Waals surface area (Å²) in [5.41, 5.74) is -1.31. The van der Waals surface area contributed by atoms with E-state index in [2.05, 4.69) is 42.0 Å². The summed E-state index contributed by atoms with van der Waals surface area (Å²) in [6.45, 7) is 1.53. The fourth-order valence-corrected chi connectivity index (χ4v) is 6.64. The Morgan fingerprint density at radius 1 is 0.957 bits per heavy atom. The highest BCUT2D eigenvalue weighted by Crippen LogP contribution is 2.42. The smallest absolute Gasteiger partial charge is 0.341 e. The summed E-state index contributed by atoms with van der Waals surface area (Å²) in [6.07, 6.45) is 0. The van der Waals surface area contributed by atoms with E-state index < -0.39 is 78.2 Å². The number of nitro groups is 1. The predicted molar refractivity (Wildman–Crippen MR) is 173 cm³/mol. The molecule has 0 heterocycles. The average Bonchev–Trinajstić information content (AvgIpc) is 3.03. The standard InChI is InChI=1S/C29H31Br2F4N4O7P/c1-16(12-30)36-47(43,37-17(2)13-31)45-15-21-24(32)26(34)28(27(35)25(21)33)44-14-18-8-9-22(39(41)42)23(10-18)46-20-7-5-6-19(11-20)29(40)38(3)4/h5-11,16-17H,12-15H2,1-4H3,(H2,36,37,43)/t16-,17-/m1/s1. The lowest BCUT2D eigenvalue weighted by atomic mass is 10.1.